The normalized spacial score (nSPS) is 14.3. The first-order chi connectivity index (χ1) is 9.95. The van der Waals surface area contributed by atoms with Crippen LogP contribution in [-0.2, 0) is 11.3 Å². The van der Waals surface area contributed by atoms with Crippen LogP contribution in [0.25, 0.3) is 0 Å². The summed E-state index contributed by atoms with van der Waals surface area (Å²) in [5.74, 6) is -2.46. The Bertz CT molecular complexity index is 493. The topological polar surface area (TPSA) is 50.4 Å². The van der Waals surface area contributed by atoms with Crippen LogP contribution in [0.1, 0.15) is 32.3 Å². The first-order valence-electron chi connectivity index (χ1n) is 7.09. The Labute approximate surface area is 122 Å². The van der Waals surface area contributed by atoms with Gasteiger partial charge in [0.25, 0.3) is 5.91 Å². The molecule has 1 amide bonds. The minimum absolute atomic E-state index is 0.195. The van der Waals surface area contributed by atoms with Gasteiger partial charge in [-0.05, 0) is 30.5 Å². The first-order valence-corrected chi connectivity index (χ1v) is 7.09. The molecule has 0 bridgehead atoms. The number of halogens is 2. The molecule has 1 aromatic rings. The van der Waals surface area contributed by atoms with Gasteiger partial charge in [-0.3, -0.25) is 4.79 Å². The summed E-state index contributed by atoms with van der Waals surface area (Å²) in [6, 6.07) is 2.84. The Balaban J connectivity index is 1.93. The number of ether oxygens (including phenoxy) is 1. The van der Waals surface area contributed by atoms with Gasteiger partial charge in [-0.15, -0.1) is 0 Å². The van der Waals surface area contributed by atoms with Gasteiger partial charge in [-0.2, -0.15) is 0 Å². The van der Waals surface area contributed by atoms with Crippen molar-refractivity contribution in [2.75, 3.05) is 6.61 Å². The highest BCUT2D eigenvalue weighted by molar-refractivity contribution is 5.78. The Hall–Kier alpha value is -1.69. The molecule has 6 heteroatoms. The molecule has 0 saturated heterocycles. The van der Waals surface area contributed by atoms with Gasteiger partial charge in [0.2, 0.25) is 0 Å². The van der Waals surface area contributed by atoms with Crippen LogP contribution < -0.4 is 15.4 Å². The van der Waals surface area contributed by atoms with Crippen LogP contribution in [0.5, 0.6) is 5.75 Å². The summed E-state index contributed by atoms with van der Waals surface area (Å²) in [6.45, 7) is 3.88. The molecule has 116 valence electrons. The molecule has 0 spiro atoms. The quantitative estimate of drug-likeness (QED) is 0.810. The maximum atomic E-state index is 13.8. The lowest BCUT2D eigenvalue weighted by Gasteiger charge is -2.12. The van der Waals surface area contributed by atoms with Crippen molar-refractivity contribution in [1.82, 2.24) is 10.6 Å². The monoisotopic (exact) mass is 298 g/mol. The van der Waals surface area contributed by atoms with Crippen molar-refractivity contribution in [2.24, 2.45) is 0 Å². The smallest absolute Gasteiger partial charge is 0.258 e. The van der Waals surface area contributed by atoms with Crippen LogP contribution >= 0.6 is 0 Å². The van der Waals surface area contributed by atoms with E-state index in [-0.39, 0.29) is 24.6 Å². The van der Waals surface area contributed by atoms with Crippen LogP contribution in [0.2, 0.25) is 0 Å². The lowest BCUT2D eigenvalue weighted by molar-refractivity contribution is -0.123. The van der Waals surface area contributed by atoms with E-state index < -0.39 is 17.4 Å². The van der Waals surface area contributed by atoms with Gasteiger partial charge in [-0.1, -0.05) is 13.8 Å². The second-order valence-corrected chi connectivity index (χ2v) is 5.55. The van der Waals surface area contributed by atoms with E-state index in [1.165, 1.54) is 12.1 Å². The number of carbonyl (C=O) groups is 1. The highest BCUT2D eigenvalue weighted by Crippen LogP contribution is 2.23. The Morgan fingerprint density at radius 2 is 1.95 bits per heavy atom. The summed E-state index contributed by atoms with van der Waals surface area (Å²) in [6.07, 6.45) is 1.90. The zero-order valence-electron chi connectivity index (χ0n) is 12.2. The molecule has 0 atom stereocenters. The molecule has 1 aliphatic carbocycles. The highest BCUT2D eigenvalue weighted by atomic mass is 19.1. The number of hydrogen-bond acceptors (Lipinski definition) is 3. The van der Waals surface area contributed by atoms with Crippen molar-refractivity contribution in [3.63, 3.8) is 0 Å². The van der Waals surface area contributed by atoms with E-state index >= 15 is 0 Å². The Morgan fingerprint density at radius 1 is 1.33 bits per heavy atom. The van der Waals surface area contributed by atoms with Crippen molar-refractivity contribution in [3.8, 4) is 5.75 Å². The van der Waals surface area contributed by atoms with Gasteiger partial charge >= 0.3 is 0 Å². The predicted molar refractivity (Wildman–Crippen MR) is 75.0 cm³/mol. The number of carbonyl (C=O) groups excluding carboxylic acids is 1. The molecular weight excluding hydrogens is 278 g/mol. The minimum atomic E-state index is -0.797. The molecule has 2 N–H and O–H groups in total. The summed E-state index contributed by atoms with van der Waals surface area (Å²) >= 11 is 0. The molecule has 1 aliphatic rings. The van der Waals surface area contributed by atoms with E-state index in [0.29, 0.717) is 12.1 Å². The van der Waals surface area contributed by atoms with Crippen molar-refractivity contribution in [3.05, 3.63) is 29.3 Å². The van der Waals surface area contributed by atoms with Gasteiger partial charge in [0.1, 0.15) is 0 Å². The number of nitrogens with one attached hydrogen (secondary N) is 2. The number of rotatable bonds is 7. The summed E-state index contributed by atoms with van der Waals surface area (Å²) < 4.78 is 32.6. The minimum Gasteiger partial charge on any atom is -0.478 e. The predicted octanol–water partition coefficient (Wildman–Crippen LogP) is 2.12. The van der Waals surface area contributed by atoms with Gasteiger partial charge in [0.05, 0.1) is 0 Å². The molecule has 0 aliphatic heterocycles. The standard InChI is InChI=1S/C15H20F2N2O2/c1-9(2)18-7-10-5-12(16)15(13(17)6-10)21-8-14(20)19-11-3-4-11/h5-6,9,11,18H,3-4,7-8H2,1-2H3,(H,19,20). The molecule has 1 saturated carbocycles. The second kappa shape index (κ2) is 6.85. The maximum Gasteiger partial charge on any atom is 0.258 e. The van der Waals surface area contributed by atoms with Crippen LogP contribution in [0.15, 0.2) is 12.1 Å². The molecular formula is C15H20F2N2O2. The van der Waals surface area contributed by atoms with Crippen LogP contribution in [0.3, 0.4) is 0 Å². The van der Waals surface area contributed by atoms with E-state index in [1.54, 1.807) is 0 Å². The zero-order valence-corrected chi connectivity index (χ0v) is 12.2. The number of benzene rings is 1. The summed E-state index contributed by atoms with van der Waals surface area (Å²) in [5, 5.41) is 5.76. The van der Waals surface area contributed by atoms with Gasteiger partial charge in [-0.25, -0.2) is 8.78 Å². The largest absolute Gasteiger partial charge is 0.478 e. The van der Waals surface area contributed by atoms with Gasteiger partial charge in [0.15, 0.2) is 24.0 Å². The molecule has 0 heterocycles. The van der Waals surface area contributed by atoms with Crippen molar-refractivity contribution in [2.45, 2.75) is 45.3 Å². The lowest BCUT2D eigenvalue weighted by atomic mass is 10.2. The molecule has 0 radical (unpaired) electrons. The van der Waals surface area contributed by atoms with E-state index in [2.05, 4.69) is 10.6 Å². The number of amides is 1. The Kier molecular flexibility index (Phi) is 5.12. The fourth-order valence-corrected chi connectivity index (χ4v) is 1.81. The van der Waals surface area contributed by atoms with Crippen LogP contribution in [-0.4, -0.2) is 24.6 Å². The lowest BCUT2D eigenvalue weighted by Crippen LogP contribution is -2.30. The van der Waals surface area contributed by atoms with Crippen molar-refractivity contribution >= 4 is 5.91 Å². The van der Waals surface area contributed by atoms with Crippen molar-refractivity contribution < 1.29 is 18.3 Å². The average Bonchev–Trinajstić information content (AvgIpc) is 3.19. The van der Waals surface area contributed by atoms with Crippen LogP contribution in [0, 0.1) is 11.6 Å². The first kappa shape index (κ1) is 15.7. The highest BCUT2D eigenvalue weighted by Gasteiger charge is 2.23. The van der Waals surface area contributed by atoms with E-state index in [1.807, 2.05) is 13.8 Å². The van der Waals surface area contributed by atoms with E-state index in [9.17, 15) is 13.6 Å². The van der Waals surface area contributed by atoms with Gasteiger partial charge < -0.3 is 15.4 Å². The Morgan fingerprint density at radius 3 is 2.48 bits per heavy atom. The van der Waals surface area contributed by atoms with Crippen LogP contribution in [0.4, 0.5) is 8.78 Å². The fraction of sp³-hybridized carbons (Fsp3) is 0.533. The molecule has 0 aromatic heterocycles. The third kappa shape index (κ3) is 4.97. The summed E-state index contributed by atoms with van der Waals surface area (Å²) in [4.78, 5) is 11.4. The molecule has 2 rings (SSSR count). The molecule has 0 unspecified atom stereocenters. The van der Waals surface area contributed by atoms with E-state index in [0.717, 1.165) is 12.8 Å². The molecule has 1 fully saturated rings. The molecule has 4 nitrogen and oxygen atoms in total. The molecule has 21 heavy (non-hydrogen) atoms. The summed E-state index contributed by atoms with van der Waals surface area (Å²) in [7, 11) is 0. The second-order valence-electron chi connectivity index (χ2n) is 5.55. The average molecular weight is 298 g/mol. The fourth-order valence-electron chi connectivity index (χ4n) is 1.81. The molecule has 1 aromatic carbocycles. The zero-order chi connectivity index (χ0) is 15.4. The van der Waals surface area contributed by atoms with Gasteiger partial charge in [0, 0.05) is 18.6 Å². The van der Waals surface area contributed by atoms with E-state index in [4.69, 9.17) is 4.74 Å². The third-order valence-corrected chi connectivity index (χ3v) is 3.06. The SMILES string of the molecule is CC(C)NCc1cc(F)c(OCC(=O)NC2CC2)c(F)c1. The maximum absolute atomic E-state index is 13.8. The third-order valence-electron chi connectivity index (χ3n) is 3.06. The number of hydrogen-bond donors (Lipinski definition) is 2. The van der Waals surface area contributed by atoms with Crippen molar-refractivity contribution in [1.29, 1.82) is 0 Å². The summed E-state index contributed by atoms with van der Waals surface area (Å²) in [5.41, 5.74) is 0.494.